The van der Waals surface area contributed by atoms with Crippen LogP contribution in [0.3, 0.4) is 0 Å². The molecule has 18 heavy (non-hydrogen) atoms. The minimum atomic E-state index is 0.177. The average Bonchev–Trinajstić information content (AvgIpc) is 2.37. The lowest BCUT2D eigenvalue weighted by atomic mass is 9.83. The first-order valence-corrected chi connectivity index (χ1v) is 6.34. The molecule has 2 aromatic rings. The summed E-state index contributed by atoms with van der Waals surface area (Å²) in [7, 11) is 0. The Labute approximate surface area is 110 Å². The van der Waals surface area contributed by atoms with Crippen LogP contribution in [0.1, 0.15) is 29.3 Å². The van der Waals surface area contributed by atoms with E-state index in [1.54, 1.807) is 0 Å². The lowest BCUT2D eigenvalue weighted by Gasteiger charge is -2.23. The van der Waals surface area contributed by atoms with Crippen molar-refractivity contribution < 1.29 is 0 Å². The summed E-state index contributed by atoms with van der Waals surface area (Å²) in [6.45, 7) is 0. The Morgan fingerprint density at radius 1 is 1.11 bits per heavy atom. The molecule has 0 saturated carbocycles. The quantitative estimate of drug-likeness (QED) is 0.855. The number of aromatic nitrogens is 3. The third kappa shape index (κ3) is 2.16. The van der Waals surface area contributed by atoms with Crippen LogP contribution in [-0.4, -0.2) is 15.0 Å². The van der Waals surface area contributed by atoms with Crippen LogP contribution < -0.4 is 5.73 Å². The fraction of sp³-hybridized carbons (Fsp3) is 0.308. The molecule has 1 aromatic heterocycles. The normalized spacial score (nSPS) is 18.4. The molecular formula is C13H13ClN4. The van der Waals surface area contributed by atoms with Crippen molar-refractivity contribution in [1.82, 2.24) is 15.0 Å². The number of halogens is 1. The predicted molar refractivity (Wildman–Crippen MR) is 70.5 cm³/mol. The zero-order valence-electron chi connectivity index (χ0n) is 9.81. The standard InChI is InChI=1S/C13H13ClN4/c14-12-16-11(17-13(15)18-12)10-6-5-8-3-1-2-4-9(8)7-10/h1-4,10H,5-7H2,(H2,15,16,17,18). The second-order valence-electron chi connectivity index (χ2n) is 4.53. The number of fused-ring (bicyclic) bond motifs is 1. The van der Waals surface area contributed by atoms with E-state index >= 15 is 0 Å². The fourth-order valence-corrected chi connectivity index (χ4v) is 2.66. The van der Waals surface area contributed by atoms with Gasteiger partial charge in [-0.3, -0.25) is 0 Å². The van der Waals surface area contributed by atoms with Crippen molar-refractivity contribution in [3.63, 3.8) is 0 Å². The third-order valence-corrected chi connectivity index (χ3v) is 3.52. The molecular weight excluding hydrogens is 248 g/mol. The van der Waals surface area contributed by atoms with Gasteiger partial charge in [0.15, 0.2) is 0 Å². The number of hydrogen-bond acceptors (Lipinski definition) is 4. The highest BCUT2D eigenvalue weighted by Crippen LogP contribution is 2.31. The van der Waals surface area contributed by atoms with Gasteiger partial charge in [0, 0.05) is 5.92 Å². The number of rotatable bonds is 1. The molecule has 92 valence electrons. The maximum Gasteiger partial charge on any atom is 0.227 e. The summed E-state index contributed by atoms with van der Waals surface area (Å²) < 4.78 is 0. The van der Waals surface area contributed by atoms with Crippen molar-refractivity contribution in [2.24, 2.45) is 0 Å². The van der Waals surface area contributed by atoms with E-state index in [1.807, 2.05) is 0 Å². The SMILES string of the molecule is Nc1nc(Cl)nc(C2CCc3ccccc3C2)n1. The summed E-state index contributed by atoms with van der Waals surface area (Å²) in [5.74, 6) is 1.19. The third-order valence-electron chi connectivity index (χ3n) is 3.35. The van der Waals surface area contributed by atoms with Crippen LogP contribution in [0.25, 0.3) is 0 Å². The minimum absolute atomic E-state index is 0.177. The van der Waals surface area contributed by atoms with Crippen molar-refractivity contribution in [2.45, 2.75) is 25.2 Å². The maximum atomic E-state index is 5.83. The molecule has 4 nitrogen and oxygen atoms in total. The zero-order valence-corrected chi connectivity index (χ0v) is 10.6. The van der Waals surface area contributed by atoms with Gasteiger partial charge in [-0.15, -0.1) is 0 Å². The van der Waals surface area contributed by atoms with E-state index in [2.05, 4.69) is 39.2 Å². The van der Waals surface area contributed by atoms with Crippen LogP contribution in [0, 0.1) is 0 Å². The van der Waals surface area contributed by atoms with Crippen LogP contribution in [0.4, 0.5) is 5.95 Å². The second-order valence-corrected chi connectivity index (χ2v) is 4.87. The highest BCUT2D eigenvalue weighted by atomic mass is 35.5. The molecule has 0 aliphatic heterocycles. The van der Waals surface area contributed by atoms with Gasteiger partial charge in [-0.2, -0.15) is 9.97 Å². The highest BCUT2D eigenvalue weighted by molar-refractivity contribution is 6.28. The summed E-state index contributed by atoms with van der Waals surface area (Å²) in [6.07, 6.45) is 3.01. The van der Waals surface area contributed by atoms with Crippen molar-refractivity contribution in [1.29, 1.82) is 0 Å². The van der Waals surface area contributed by atoms with E-state index in [4.69, 9.17) is 17.3 Å². The van der Waals surface area contributed by atoms with E-state index in [9.17, 15) is 0 Å². The Morgan fingerprint density at radius 3 is 2.67 bits per heavy atom. The molecule has 1 atom stereocenters. The Bertz CT molecular complexity index is 565. The van der Waals surface area contributed by atoms with E-state index in [1.165, 1.54) is 11.1 Å². The average molecular weight is 261 g/mol. The Balaban J connectivity index is 1.91. The van der Waals surface area contributed by atoms with Gasteiger partial charge in [-0.05, 0) is 42.0 Å². The van der Waals surface area contributed by atoms with E-state index in [0.29, 0.717) is 5.82 Å². The molecule has 3 rings (SSSR count). The summed E-state index contributed by atoms with van der Waals surface area (Å²) in [5, 5.41) is 0.177. The van der Waals surface area contributed by atoms with Gasteiger partial charge < -0.3 is 5.73 Å². The molecule has 0 fully saturated rings. The van der Waals surface area contributed by atoms with Gasteiger partial charge in [0.2, 0.25) is 11.2 Å². The van der Waals surface area contributed by atoms with Crippen LogP contribution in [-0.2, 0) is 12.8 Å². The van der Waals surface area contributed by atoms with Crippen LogP contribution >= 0.6 is 11.6 Å². The number of nitrogens with zero attached hydrogens (tertiary/aromatic N) is 3. The number of hydrogen-bond donors (Lipinski definition) is 1. The first kappa shape index (κ1) is 11.4. The second kappa shape index (κ2) is 4.53. The molecule has 0 amide bonds. The Hall–Kier alpha value is -1.68. The van der Waals surface area contributed by atoms with Gasteiger partial charge in [0.1, 0.15) is 5.82 Å². The topological polar surface area (TPSA) is 64.7 Å². The van der Waals surface area contributed by atoms with Gasteiger partial charge in [0.05, 0.1) is 0 Å². The Morgan fingerprint density at radius 2 is 1.89 bits per heavy atom. The molecule has 2 N–H and O–H groups in total. The van der Waals surface area contributed by atoms with Gasteiger partial charge in [0.25, 0.3) is 0 Å². The molecule has 1 heterocycles. The van der Waals surface area contributed by atoms with Crippen LogP contribution in [0.2, 0.25) is 5.28 Å². The molecule has 1 aliphatic carbocycles. The van der Waals surface area contributed by atoms with E-state index in [-0.39, 0.29) is 17.1 Å². The fourth-order valence-electron chi connectivity index (χ4n) is 2.48. The smallest absolute Gasteiger partial charge is 0.227 e. The van der Waals surface area contributed by atoms with Crippen molar-refractivity contribution in [3.8, 4) is 0 Å². The predicted octanol–water partition coefficient (Wildman–Crippen LogP) is 2.38. The maximum absolute atomic E-state index is 5.83. The molecule has 0 bridgehead atoms. The van der Waals surface area contributed by atoms with E-state index in [0.717, 1.165) is 19.3 Å². The number of anilines is 1. The number of benzene rings is 1. The highest BCUT2D eigenvalue weighted by Gasteiger charge is 2.22. The van der Waals surface area contributed by atoms with Crippen molar-refractivity contribution >= 4 is 17.5 Å². The van der Waals surface area contributed by atoms with Gasteiger partial charge in [-0.25, -0.2) is 4.98 Å². The summed E-state index contributed by atoms with van der Waals surface area (Å²) >= 11 is 5.83. The number of aryl methyl sites for hydroxylation is 1. The van der Waals surface area contributed by atoms with Crippen LogP contribution in [0.5, 0.6) is 0 Å². The molecule has 0 spiro atoms. The molecule has 1 aliphatic rings. The monoisotopic (exact) mass is 260 g/mol. The molecule has 1 aromatic carbocycles. The van der Waals surface area contributed by atoms with E-state index < -0.39 is 0 Å². The first-order chi connectivity index (χ1) is 8.72. The molecule has 1 unspecified atom stereocenters. The lowest BCUT2D eigenvalue weighted by molar-refractivity contribution is 0.553. The first-order valence-electron chi connectivity index (χ1n) is 5.96. The minimum Gasteiger partial charge on any atom is -0.368 e. The summed E-state index contributed by atoms with van der Waals surface area (Å²) in [6, 6.07) is 8.49. The summed E-state index contributed by atoms with van der Waals surface area (Å²) in [4.78, 5) is 12.2. The zero-order chi connectivity index (χ0) is 12.5. The van der Waals surface area contributed by atoms with Gasteiger partial charge >= 0.3 is 0 Å². The largest absolute Gasteiger partial charge is 0.368 e. The van der Waals surface area contributed by atoms with Crippen molar-refractivity contribution in [2.75, 3.05) is 5.73 Å². The van der Waals surface area contributed by atoms with Crippen LogP contribution in [0.15, 0.2) is 24.3 Å². The van der Waals surface area contributed by atoms with Crippen molar-refractivity contribution in [3.05, 3.63) is 46.5 Å². The lowest BCUT2D eigenvalue weighted by Crippen LogP contribution is -2.16. The number of nitrogens with two attached hydrogens (primary N) is 1. The molecule has 0 radical (unpaired) electrons. The molecule has 5 heteroatoms. The molecule has 0 saturated heterocycles. The van der Waals surface area contributed by atoms with Gasteiger partial charge in [-0.1, -0.05) is 24.3 Å². The number of nitrogen functional groups attached to an aromatic ring is 1. The summed E-state index contributed by atoms with van der Waals surface area (Å²) in [5.41, 5.74) is 8.40. The Kier molecular flexibility index (Phi) is 2.88.